The van der Waals surface area contributed by atoms with Gasteiger partial charge in [-0.05, 0) is 36.4 Å². The Kier molecular flexibility index (Phi) is 6.29. The molecular formula is C27H27N3O5. The van der Waals surface area contributed by atoms with E-state index in [9.17, 15) is 9.90 Å². The summed E-state index contributed by atoms with van der Waals surface area (Å²) in [4.78, 5) is 22.1. The van der Waals surface area contributed by atoms with Crippen LogP contribution in [0.15, 0.2) is 60.5 Å². The minimum atomic E-state index is -0.230. The van der Waals surface area contributed by atoms with Crippen LogP contribution < -0.4 is 19.1 Å². The molecule has 1 aromatic heterocycles. The van der Waals surface area contributed by atoms with Gasteiger partial charge in [-0.3, -0.25) is 9.69 Å². The maximum atomic E-state index is 13.1. The summed E-state index contributed by atoms with van der Waals surface area (Å²) in [7, 11) is 3.11. The quantitative estimate of drug-likeness (QED) is 0.542. The molecule has 0 atom stereocenters. The first kappa shape index (κ1) is 22.7. The largest absolute Gasteiger partial charge is 0.507 e. The molecule has 3 heterocycles. The smallest absolute Gasteiger partial charge is 0.231 e. The highest BCUT2D eigenvalue weighted by Crippen LogP contribution is 2.41. The lowest BCUT2D eigenvalue weighted by atomic mass is 10.0. The van der Waals surface area contributed by atoms with Crippen LogP contribution >= 0.6 is 0 Å². The van der Waals surface area contributed by atoms with E-state index in [0.717, 1.165) is 32.0 Å². The van der Waals surface area contributed by atoms with Gasteiger partial charge in [0.25, 0.3) is 0 Å². The molecule has 0 aliphatic carbocycles. The molecule has 0 radical (unpaired) electrons. The van der Waals surface area contributed by atoms with Crippen LogP contribution in [-0.2, 0) is 6.54 Å². The molecule has 0 saturated carbocycles. The predicted octanol–water partition coefficient (Wildman–Crippen LogP) is 3.74. The Morgan fingerprint density at radius 1 is 1.03 bits per heavy atom. The van der Waals surface area contributed by atoms with Crippen molar-refractivity contribution < 1.29 is 24.1 Å². The summed E-state index contributed by atoms with van der Waals surface area (Å²) < 4.78 is 16.9. The number of methoxy groups -OCH3 is 2. The molecule has 0 amide bonds. The summed E-state index contributed by atoms with van der Waals surface area (Å²) in [6, 6.07) is 14.5. The highest BCUT2D eigenvalue weighted by molar-refractivity contribution is 6.15. The number of benzene rings is 2. The van der Waals surface area contributed by atoms with E-state index in [1.807, 2.05) is 30.3 Å². The number of ketones is 1. The number of carbonyl (C=O) groups is 1. The second-order valence-electron chi connectivity index (χ2n) is 8.41. The summed E-state index contributed by atoms with van der Waals surface area (Å²) in [5.74, 6) is 2.52. The molecule has 1 fully saturated rings. The second kappa shape index (κ2) is 9.68. The first-order valence-corrected chi connectivity index (χ1v) is 11.5. The molecule has 2 aliphatic heterocycles. The number of piperazine rings is 1. The lowest BCUT2D eigenvalue weighted by Crippen LogP contribution is -2.46. The number of aromatic nitrogens is 1. The Bertz CT molecular complexity index is 1270. The summed E-state index contributed by atoms with van der Waals surface area (Å²) >= 11 is 0. The van der Waals surface area contributed by atoms with Crippen LogP contribution in [-0.4, -0.2) is 61.2 Å². The van der Waals surface area contributed by atoms with E-state index >= 15 is 0 Å². The van der Waals surface area contributed by atoms with Crippen molar-refractivity contribution in [1.29, 1.82) is 0 Å². The third-order valence-corrected chi connectivity index (χ3v) is 6.36. The van der Waals surface area contributed by atoms with Crippen LogP contribution in [0.2, 0.25) is 0 Å². The first-order chi connectivity index (χ1) is 17.1. The second-order valence-corrected chi connectivity index (χ2v) is 8.41. The van der Waals surface area contributed by atoms with E-state index in [-0.39, 0.29) is 17.3 Å². The molecule has 8 heteroatoms. The molecule has 8 nitrogen and oxygen atoms in total. The highest BCUT2D eigenvalue weighted by Gasteiger charge is 2.32. The monoisotopic (exact) mass is 473 g/mol. The number of ether oxygens (including phenoxy) is 3. The minimum Gasteiger partial charge on any atom is -0.507 e. The molecule has 1 N–H and O–H groups in total. The molecule has 180 valence electrons. The number of hydrogen-bond acceptors (Lipinski definition) is 8. The van der Waals surface area contributed by atoms with Crippen molar-refractivity contribution in [1.82, 2.24) is 9.88 Å². The highest BCUT2D eigenvalue weighted by atomic mass is 16.5. The summed E-state index contributed by atoms with van der Waals surface area (Å²) in [5, 5.41) is 10.7. The SMILES string of the molecule is COc1cccc(/C=C2\Oc3c(ccc(O)c3CN3CCN(c4ccccn4)CC3)C2=O)c1OC. The van der Waals surface area contributed by atoms with E-state index in [4.69, 9.17) is 14.2 Å². The fourth-order valence-corrected chi connectivity index (χ4v) is 4.52. The van der Waals surface area contributed by atoms with E-state index in [1.165, 1.54) is 0 Å². The topological polar surface area (TPSA) is 84.4 Å². The van der Waals surface area contributed by atoms with E-state index in [2.05, 4.69) is 14.8 Å². The van der Waals surface area contributed by atoms with Gasteiger partial charge >= 0.3 is 0 Å². The Morgan fingerprint density at radius 2 is 1.86 bits per heavy atom. The predicted molar refractivity (Wildman–Crippen MR) is 132 cm³/mol. The van der Waals surface area contributed by atoms with Crippen LogP contribution in [0.5, 0.6) is 23.0 Å². The van der Waals surface area contributed by atoms with Gasteiger partial charge in [0, 0.05) is 44.5 Å². The van der Waals surface area contributed by atoms with Crippen LogP contribution in [0.25, 0.3) is 6.08 Å². The molecule has 5 rings (SSSR count). The number of phenols is 1. The maximum absolute atomic E-state index is 13.1. The van der Waals surface area contributed by atoms with Gasteiger partial charge in [0.05, 0.1) is 25.3 Å². The summed E-state index contributed by atoms with van der Waals surface area (Å²) in [6.07, 6.45) is 3.45. The number of carbonyl (C=O) groups excluding carboxylic acids is 1. The van der Waals surface area contributed by atoms with Crippen molar-refractivity contribution in [3.05, 3.63) is 77.2 Å². The Morgan fingerprint density at radius 3 is 2.57 bits per heavy atom. The zero-order valence-electron chi connectivity index (χ0n) is 19.7. The fraction of sp³-hybridized carbons (Fsp3) is 0.259. The number of aromatic hydroxyl groups is 1. The standard InChI is InChI=1S/C27H27N3O5/c1-33-22-7-5-6-18(26(22)34-2)16-23-25(32)19-9-10-21(31)20(27(19)35-23)17-29-12-14-30(15-13-29)24-8-3-4-11-28-24/h3-11,16,31H,12-15,17H2,1-2H3/b23-16-. The number of rotatable bonds is 6. The van der Waals surface area contributed by atoms with Crippen molar-refractivity contribution in [2.75, 3.05) is 45.3 Å². The van der Waals surface area contributed by atoms with Gasteiger partial charge in [-0.25, -0.2) is 4.98 Å². The maximum Gasteiger partial charge on any atom is 0.231 e. The van der Waals surface area contributed by atoms with Crippen LogP contribution in [0.1, 0.15) is 21.5 Å². The van der Waals surface area contributed by atoms with Crippen LogP contribution in [0.3, 0.4) is 0 Å². The van der Waals surface area contributed by atoms with Gasteiger partial charge in [0.15, 0.2) is 17.3 Å². The van der Waals surface area contributed by atoms with Gasteiger partial charge in [-0.1, -0.05) is 18.2 Å². The van der Waals surface area contributed by atoms with Gasteiger partial charge in [-0.2, -0.15) is 0 Å². The van der Waals surface area contributed by atoms with Crippen molar-refractivity contribution in [2.24, 2.45) is 0 Å². The van der Waals surface area contributed by atoms with Crippen molar-refractivity contribution >= 4 is 17.7 Å². The lowest BCUT2D eigenvalue weighted by molar-refractivity contribution is 0.101. The average Bonchev–Trinajstić information content (AvgIpc) is 3.21. The minimum absolute atomic E-state index is 0.115. The molecule has 35 heavy (non-hydrogen) atoms. The normalized spacial score (nSPS) is 16.8. The van der Waals surface area contributed by atoms with E-state index in [0.29, 0.717) is 40.5 Å². The lowest BCUT2D eigenvalue weighted by Gasteiger charge is -2.35. The van der Waals surface area contributed by atoms with Crippen LogP contribution in [0, 0.1) is 0 Å². The third-order valence-electron chi connectivity index (χ3n) is 6.36. The van der Waals surface area contributed by atoms with Crippen molar-refractivity contribution in [2.45, 2.75) is 6.54 Å². The third kappa shape index (κ3) is 4.40. The van der Waals surface area contributed by atoms with Crippen LogP contribution in [0.4, 0.5) is 5.82 Å². The van der Waals surface area contributed by atoms with E-state index < -0.39 is 0 Å². The molecule has 0 unspecified atom stereocenters. The van der Waals surface area contributed by atoms with Gasteiger partial charge in [0.2, 0.25) is 5.78 Å². The number of Topliss-reactive ketones (excluding diaryl/α,β-unsaturated/α-hetero) is 1. The number of hydrogen-bond donors (Lipinski definition) is 1. The Hall–Kier alpha value is -4.04. The molecule has 1 saturated heterocycles. The zero-order chi connectivity index (χ0) is 24.4. The molecule has 0 bridgehead atoms. The molecule has 0 spiro atoms. The fourth-order valence-electron chi connectivity index (χ4n) is 4.52. The number of nitrogens with zero attached hydrogens (tertiary/aromatic N) is 3. The van der Waals surface area contributed by atoms with Crippen molar-refractivity contribution in [3.8, 4) is 23.0 Å². The number of anilines is 1. The van der Waals surface area contributed by atoms with Gasteiger partial charge in [-0.15, -0.1) is 0 Å². The molecule has 2 aromatic carbocycles. The number of pyridine rings is 1. The zero-order valence-corrected chi connectivity index (χ0v) is 19.7. The number of phenolic OH excluding ortho intramolecular Hbond substituents is 1. The summed E-state index contributed by atoms with van der Waals surface area (Å²) in [6.45, 7) is 3.74. The molecular weight excluding hydrogens is 446 g/mol. The van der Waals surface area contributed by atoms with Gasteiger partial charge < -0.3 is 24.2 Å². The molecule has 3 aromatic rings. The molecule has 2 aliphatic rings. The Labute approximate surface area is 204 Å². The number of allylic oxidation sites excluding steroid dienone is 1. The number of fused-ring (bicyclic) bond motifs is 1. The van der Waals surface area contributed by atoms with Gasteiger partial charge in [0.1, 0.15) is 17.3 Å². The Balaban J connectivity index is 1.36. The average molecular weight is 474 g/mol. The number of para-hydroxylation sites is 1. The van der Waals surface area contributed by atoms with Crippen molar-refractivity contribution in [3.63, 3.8) is 0 Å². The van der Waals surface area contributed by atoms with E-state index in [1.54, 1.807) is 44.7 Å². The first-order valence-electron chi connectivity index (χ1n) is 11.5. The summed E-state index contributed by atoms with van der Waals surface area (Å²) in [5.41, 5.74) is 1.72.